The highest BCUT2D eigenvalue weighted by molar-refractivity contribution is 5.76. The summed E-state index contributed by atoms with van der Waals surface area (Å²) in [5.74, 6) is -0.178. The standard InChI is InChI=1S/C40H77NO8/c1-3-5-7-9-11-13-15-17-19-21-23-25-27-29-34(43)33(32-48-40-39(47)38(46)37(45)35(31-42)49-40)41-36(44)30-28-26-24-22-20-18-16-14-12-10-8-6-4-2/h27,29,33-35,37-40,42-43,45-47H,3-26,28,30-32H2,1-2H3,(H,41,44)/b29-27+/t33-,34+,35-,37+,38?,39?,40+/m0/s1. The van der Waals surface area contributed by atoms with Crippen LogP contribution in [0.4, 0.5) is 0 Å². The average Bonchev–Trinajstić information content (AvgIpc) is 3.10. The second-order valence-electron chi connectivity index (χ2n) is 14.4. The Morgan fingerprint density at radius 1 is 0.673 bits per heavy atom. The largest absolute Gasteiger partial charge is 0.394 e. The van der Waals surface area contributed by atoms with Crippen LogP contribution in [-0.4, -0.2) is 87.5 Å². The van der Waals surface area contributed by atoms with Crippen LogP contribution in [0.15, 0.2) is 12.2 Å². The Labute approximate surface area is 299 Å². The summed E-state index contributed by atoms with van der Waals surface area (Å²) < 4.78 is 11.2. The number of ether oxygens (including phenoxy) is 2. The molecule has 0 aromatic carbocycles. The number of unbranched alkanes of at least 4 members (excludes halogenated alkanes) is 23. The molecule has 1 rings (SSSR count). The van der Waals surface area contributed by atoms with Gasteiger partial charge >= 0.3 is 0 Å². The van der Waals surface area contributed by atoms with Crippen molar-refractivity contribution in [1.29, 1.82) is 0 Å². The summed E-state index contributed by atoms with van der Waals surface area (Å²) in [4.78, 5) is 12.9. The van der Waals surface area contributed by atoms with Gasteiger partial charge in [-0.05, 0) is 19.3 Å². The number of allylic oxidation sites excluding steroid dienone is 1. The van der Waals surface area contributed by atoms with E-state index in [4.69, 9.17) is 9.47 Å². The molecule has 0 aromatic heterocycles. The number of nitrogens with one attached hydrogen (secondary N) is 1. The molecule has 9 heteroatoms. The maximum atomic E-state index is 12.9. The predicted octanol–water partition coefficient (Wildman–Crippen LogP) is 7.39. The molecule has 2 unspecified atom stereocenters. The monoisotopic (exact) mass is 700 g/mol. The maximum absolute atomic E-state index is 12.9. The molecule has 0 saturated carbocycles. The van der Waals surface area contributed by atoms with E-state index < -0.39 is 49.5 Å². The highest BCUT2D eigenvalue weighted by atomic mass is 16.7. The van der Waals surface area contributed by atoms with E-state index in [-0.39, 0.29) is 12.5 Å². The van der Waals surface area contributed by atoms with Crippen molar-refractivity contribution in [2.75, 3.05) is 13.2 Å². The molecule has 290 valence electrons. The topological polar surface area (TPSA) is 149 Å². The van der Waals surface area contributed by atoms with E-state index in [0.29, 0.717) is 6.42 Å². The number of rotatable bonds is 33. The molecule has 1 aliphatic rings. The molecule has 1 heterocycles. The first-order valence-electron chi connectivity index (χ1n) is 20.4. The lowest BCUT2D eigenvalue weighted by Crippen LogP contribution is -2.60. The molecule has 9 nitrogen and oxygen atoms in total. The minimum atomic E-state index is -1.56. The third kappa shape index (κ3) is 23.2. The molecule has 0 aliphatic carbocycles. The van der Waals surface area contributed by atoms with E-state index in [1.54, 1.807) is 6.08 Å². The Bertz CT molecular complexity index is 781. The fourth-order valence-corrected chi connectivity index (χ4v) is 6.51. The van der Waals surface area contributed by atoms with Crippen LogP contribution in [0, 0.1) is 0 Å². The van der Waals surface area contributed by atoms with Crippen LogP contribution in [0.5, 0.6) is 0 Å². The van der Waals surface area contributed by atoms with Crippen molar-refractivity contribution in [3.05, 3.63) is 12.2 Å². The highest BCUT2D eigenvalue weighted by Gasteiger charge is 2.44. The molecule has 0 bridgehead atoms. The zero-order valence-electron chi connectivity index (χ0n) is 31.5. The zero-order valence-corrected chi connectivity index (χ0v) is 31.5. The molecule has 1 aliphatic heterocycles. The van der Waals surface area contributed by atoms with Gasteiger partial charge < -0.3 is 40.3 Å². The van der Waals surface area contributed by atoms with Crippen molar-refractivity contribution in [1.82, 2.24) is 5.32 Å². The van der Waals surface area contributed by atoms with Gasteiger partial charge in [0, 0.05) is 6.42 Å². The van der Waals surface area contributed by atoms with Gasteiger partial charge in [-0.25, -0.2) is 0 Å². The van der Waals surface area contributed by atoms with Crippen molar-refractivity contribution < 1.29 is 39.8 Å². The lowest BCUT2D eigenvalue weighted by Gasteiger charge is -2.40. The van der Waals surface area contributed by atoms with Crippen molar-refractivity contribution in [3.8, 4) is 0 Å². The summed E-state index contributed by atoms with van der Waals surface area (Å²) in [5, 5.41) is 53.9. The second kappa shape index (κ2) is 31.6. The molecular weight excluding hydrogens is 622 g/mol. The number of hydrogen-bond donors (Lipinski definition) is 6. The number of carbonyl (C=O) groups excluding carboxylic acids is 1. The van der Waals surface area contributed by atoms with E-state index >= 15 is 0 Å². The average molecular weight is 700 g/mol. The normalized spacial score (nSPS) is 22.5. The quantitative estimate of drug-likeness (QED) is 0.0307. The fraction of sp³-hybridized carbons (Fsp3) is 0.925. The van der Waals surface area contributed by atoms with Gasteiger partial charge in [-0.1, -0.05) is 167 Å². The van der Waals surface area contributed by atoms with Gasteiger partial charge in [0.25, 0.3) is 0 Å². The SMILES string of the molecule is CCCCCCCCCCCCC/C=C/[C@@H](O)[C@H](CO[C@@H]1O[C@@H](CO)[C@@H](O)C(O)C1O)NC(=O)CCCCCCCCCCCCCCC. The van der Waals surface area contributed by atoms with Gasteiger partial charge in [0.2, 0.25) is 5.91 Å². The first-order valence-corrected chi connectivity index (χ1v) is 20.4. The van der Waals surface area contributed by atoms with E-state index in [0.717, 1.165) is 38.5 Å². The third-order valence-electron chi connectivity index (χ3n) is 9.86. The number of amides is 1. The molecule has 1 saturated heterocycles. The van der Waals surface area contributed by atoms with E-state index in [1.807, 2.05) is 6.08 Å². The van der Waals surface area contributed by atoms with Crippen molar-refractivity contribution >= 4 is 5.91 Å². The molecule has 0 radical (unpaired) electrons. The zero-order chi connectivity index (χ0) is 36.0. The van der Waals surface area contributed by atoms with E-state index in [2.05, 4.69) is 19.2 Å². The fourth-order valence-electron chi connectivity index (χ4n) is 6.51. The first kappa shape index (κ1) is 46.0. The molecule has 49 heavy (non-hydrogen) atoms. The van der Waals surface area contributed by atoms with Gasteiger partial charge in [-0.2, -0.15) is 0 Å². The maximum Gasteiger partial charge on any atom is 0.220 e. The van der Waals surface area contributed by atoms with Crippen LogP contribution in [0.25, 0.3) is 0 Å². The third-order valence-corrected chi connectivity index (χ3v) is 9.86. The van der Waals surface area contributed by atoms with Gasteiger partial charge in [0.05, 0.1) is 25.4 Å². The van der Waals surface area contributed by atoms with Crippen LogP contribution in [0.2, 0.25) is 0 Å². The lowest BCUT2D eigenvalue weighted by molar-refractivity contribution is -0.302. The lowest BCUT2D eigenvalue weighted by atomic mass is 9.99. The summed E-state index contributed by atoms with van der Waals surface area (Å²) in [5.41, 5.74) is 0. The Hall–Kier alpha value is -1.07. The van der Waals surface area contributed by atoms with Crippen molar-refractivity contribution in [2.24, 2.45) is 0 Å². The highest BCUT2D eigenvalue weighted by Crippen LogP contribution is 2.22. The summed E-state index contributed by atoms with van der Waals surface area (Å²) in [6, 6.07) is -0.796. The summed E-state index contributed by atoms with van der Waals surface area (Å²) in [6.45, 7) is 3.75. The Kier molecular flexibility index (Phi) is 29.7. The van der Waals surface area contributed by atoms with Crippen molar-refractivity contribution in [2.45, 2.75) is 224 Å². The minimum absolute atomic E-state index is 0.178. The predicted molar refractivity (Wildman–Crippen MR) is 198 cm³/mol. The van der Waals surface area contributed by atoms with Crippen LogP contribution >= 0.6 is 0 Å². The van der Waals surface area contributed by atoms with Crippen LogP contribution in [0.3, 0.4) is 0 Å². The number of hydrogen-bond acceptors (Lipinski definition) is 8. The van der Waals surface area contributed by atoms with E-state index in [9.17, 15) is 30.3 Å². The molecular formula is C40H77NO8. The molecule has 1 fully saturated rings. The van der Waals surface area contributed by atoms with Crippen molar-refractivity contribution in [3.63, 3.8) is 0 Å². The Morgan fingerprint density at radius 2 is 1.12 bits per heavy atom. The smallest absolute Gasteiger partial charge is 0.220 e. The van der Waals surface area contributed by atoms with Gasteiger partial charge in [0.15, 0.2) is 6.29 Å². The van der Waals surface area contributed by atoms with Crippen LogP contribution in [0.1, 0.15) is 181 Å². The molecule has 0 aromatic rings. The number of aliphatic hydroxyl groups excluding tert-OH is 5. The van der Waals surface area contributed by atoms with E-state index in [1.165, 1.54) is 122 Å². The molecule has 6 N–H and O–H groups in total. The molecule has 7 atom stereocenters. The first-order chi connectivity index (χ1) is 23.8. The van der Waals surface area contributed by atoms with Crippen LogP contribution < -0.4 is 5.32 Å². The summed E-state index contributed by atoms with van der Waals surface area (Å²) in [7, 11) is 0. The summed E-state index contributed by atoms with van der Waals surface area (Å²) >= 11 is 0. The minimum Gasteiger partial charge on any atom is -0.394 e. The molecule has 0 spiro atoms. The van der Waals surface area contributed by atoms with Gasteiger partial charge in [-0.15, -0.1) is 0 Å². The summed E-state index contributed by atoms with van der Waals surface area (Å²) in [6.07, 6.45) is 26.7. The van der Waals surface area contributed by atoms with Gasteiger partial charge in [0.1, 0.15) is 24.4 Å². The number of aliphatic hydroxyl groups is 5. The second-order valence-corrected chi connectivity index (χ2v) is 14.4. The van der Waals surface area contributed by atoms with Crippen LogP contribution in [-0.2, 0) is 14.3 Å². The molecule has 1 amide bonds. The van der Waals surface area contributed by atoms with Gasteiger partial charge in [-0.3, -0.25) is 4.79 Å². The Balaban J connectivity index is 2.43. The Morgan fingerprint density at radius 3 is 1.59 bits per heavy atom. The number of carbonyl (C=O) groups is 1.